The molecule has 0 aromatic rings. The van der Waals surface area contributed by atoms with Gasteiger partial charge >= 0.3 is 5.97 Å². The van der Waals surface area contributed by atoms with Gasteiger partial charge in [-0.3, -0.25) is 4.79 Å². The van der Waals surface area contributed by atoms with Crippen molar-refractivity contribution >= 4 is 5.97 Å². The standard InChI is InChI=1S/C10H16O2/c11-9(12)8-3-1-4-10(7-8)5-2-6-10/h8H,1-7H2,(H,11,12). The van der Waals surface area contributed by atoms with Crippen molar-refractivity contribution in [3.63, 3.8) is 0 Å². The van der Waals surface area contributed by atoms with Crippen LogP contribution in [0.2, 0.25) is 0 Å². The maximum Gasteiger partial charge on any atom is 0.306 e. The summed E-state index contributed by atoms with van der Waals surface area (Å²) in [6.45, 7) is 0. The molecule has 1 unspecified atom stereocenters. The summed E-state index contributed by atoms with van der Waals surface area (Å²) in [7, 11) is 0. The first-order valence-corrected chi connectivity index (χ1v) is 4.95. The Hall–Kier alpha value is -0.530. The summed E-state index contributed by atoms with van der Waals surface area (Å²) >= 11 is 0. The topological polar surface area (TPSA) is 37.3 Å². The minimum Gasteiger partial charge on any atom is -0.481 e. The smallest absolute Gasteiger partial charge is 0.306 e. The van der Waals surface area contributed by atoms with Crippen molar-refractivity contribution in [3.05, 3.63) is 0 Å². The summed E-state index contributed by atoms with van der Waals surface area (Å²) in [5.74, 6) is -0.597. The monoisotopic (exact) mass is 168 g/mol. The molecule has 2 aliphatic rings. The second-order valence-corrected chi connectivity index (χ2v) is 4.49. The molecule has 2 aliphatic carbocycles. The molecular weight excluding hydrogens is 152 g/mol. The van der Waals surface area contributed by atoms with E-state index < -0.39 is 5.97 Å². The molecule has 68 valence electrons. The first-order chi connectivity index (χ1) is 5.72. The number of aliphatic carboxylic acids is 1. The van der Waals surface area contributed by atoms with Crippen LogP contribution in [0.1, 0.15) is 44.9 Å². The van der Waals surface area contributed by atoms with E-state index in [1.165, 1.54) is 25.7 Å². The Kier molecular flexibility index (Phi) is 1.85. The van der Waals surface area contributed by atoms with Crippen LogP contribution in [0.3, 0.4) is 0 Å². The van der Waals surface area contributed by atoms with E-state index in [1.807, 2.05) is 0 Å². The summed E-state index contributed by atoms with van der Waals surface area (Å²) < 4.78 is 0. The Morgan fingerprint density at radius 3 is 2.42 bits per heavy atom. The summed E-state index contributed by atoms with van der Waals surface area (Å²) in [5, 5.41) is 8.89. The van der Waals surface area contributed by atoms with Crippen molar-refractivity contribution in [2.24, 2.45) is 11.3 Å². The lowest BCUT2D eigenvalue weighted by Gasteiger charge is -2.46. The fraction of sp³-hybridized carbons (Fsp3) is 0.900. The number of carboxylic acids is 1. The summed E-state index contributed by atoms with van der Waals surface area (Å²) in [6, 6.07) is 0. The average Bonchev–Trinajstić information content (AvgIpc) is 2.02. The van der Waals surface area contributed by atoms with E-state index in [0.29, 0.717) is 5.41 Å². The molecule has 2 fully saturated rings. The molecule has 0 aromatic heterocycles. The van der Waals surface area contributed by atoms with E-state index in [2.05, 4.69) is 0 Å². The number of carbonyl (C=O) groups is 1. The molecule has 2 heteroatoms. The first kappa shape index (κ1) is 8.09. The van der Waals surface area contributed by atoms with E-state index >= 15 is 0 Å². The molecule has 1 spiro atoms. The maximum atomic E-state index is 10.8. The molecule has 0 amide bonds. The molecule has 12 heavy (non-hydrogen) atoms. The molecule has 0 aromatic carbocycles. The molecule has 1 N–H and O–H groups in total. The van der Waals surface area contributed by atoms with Crippen LogP contribution in [-0.4, -0.2) is 11.1 Å². The van der Waals surface area contributed by atoms with Gasteiger partial charge in [0, 0.05) is 0 Å². The van der Waals surface area contributed by atoms with Crippen molar-refractivity contribution in [1.29, 1.82) is 0 Å². The van der Waals surface area contributed by atoms with E-state index in [1.54, 1.807) is 0 Å². The Morgan fingerprint density at radius 2 is 1.92 bits per heavy atom. The van der Waals surface area contributed by atoms with Gasteiger partial charge in [-0.25, -0.2) is 0 Å². The van der Waals surface area contributed by atoms with Crippen LogP contribution in [0.4, 0.5) is 0 Å². The van der Waals surface area contributed by atoms with Crippen LogP contribution in [-0.2, 0) is 4.79 Å². The summed E-state index contributed by atoms with van der Waals surface area (Å²) in [6.07, 6.45) is 8.20. The zero-order valence-electron chi connectivity index (χ0n) is 7.38. The largest absolute Gasteiger partial charge is 0.481 e. The third-order valence-electron chi connectivity index (χ3n) is 3.70. The highest BCUT2D eigenvalue weighted by Crippen LogP contribution is 2.53. The quantitative estimate of drug-likeness (QED) is 0.653. The fourth-order valence-electron chi connectivity index (χ4n) is 2.79. The lowest BCUT2D eigenvalue weighted by Crippen LogP contribution is -2.37. The molecule has 0 heterocycles. The van der Waals surface area contributed by atoms with E-state index in [-0.39, 0.29) is 5.92 Å². The van der Waals surface area contributed by atoms with Crippen LogP contribution in [0.5, 0.6) is 0 Å². The Bertz CT molecular complexity index is 194. The van der Waals surface area contributed by atoms with Gasteiger partial charge in [0.15, 0.2) is 0 Å². The van der Waals surface area contributed by atoms with Gasteiger partial charge in [-0.1, -0.05) is 12.8 Å². The van der Waals surface area contributed by atoms with Crippen molar-refractivity contribution in [2.45, 2.75) is 44.9 Å². The van der Waals surface area contributed by atoms with Gasteiger partial charge in [0.2, 0.25) is 0 Å². The van der Waals surface area contributed by atoms with E-state index in [0.717, 1.165) is 19.3 Å². The van der Waals surface area contributed by atoms with Crippen molar-refractivity contribution in [1.82, 2.24) is 0 Å². The SMILES string of the molecule is O=C(O)C1CCCC2(CCC2)C1. The van der Waals surface area contributed by atoms with Gasteiger partial charge in [0.1, 0.15) is 0 Å². The number of carboxylic acid groups (broad SMARTS) is 1. The lowest BCUT2D eigenvalue weighted by atomic mass is 9.58. The fourth-order valence-corrected chi connectivity index (χ4v) is 2.79. The first-order valence-electron chi connectivity index (χ1n) is 4.95. The normalized spacial score (nSPS) is 32.8. The van der Waals surface area contributed by atoms with Gasteiger partial charge in [-0.2, -0.15) is 0 Å². The van der Waals surface area contributed by atoms with Crippen molar-refractivity contribution in [2.75, 3.05) is 0 Å². The molecule has 2 rings (SSSR count). The zero-order chi connectivity index (χ0) is 8.60. The van der Waals surface area contributed by atoms with Gasteiger partial charge in [0.25, 0.3) is 0 Å². The van der Waals surface area contributed by atoms with E-state index in [9.17, 15) is 4.79 Å². The predicted molar refractivity (Wildman–Crippen MR) is 45.9 cm³/mol. The molecule has 0 saturated heterocycles. The minimum atomic E-state index is -0.569. The Labute approximate surface area is 73.0 Å². The van der Waals surface area contributed by atoms with Crippen LogP contribution in [0.15, 0.2) is 0 Å². The van der Waals surface area contributed by atoms with Crippen molar-refractivity contribution in [3.8, 4) is 0 Å². The Morgan fingerprint density at radius 1 is 1.25 bits per heavy atom. The van der Waals surface area contributed by atoms with Crippen LogP contribution in [0.25, 0.3) is 0 Å². The molecule has 2 saturated carbocycles. The minimum absolute atomic E-state index is 0.0287. The molecule has 0 radical (unpaired) electrons. The lowest BCUT2D eigenvalue weighted by molar-refractivity contribution is -0.145. The van der Waals surface area contributed by atoms with Crippen molar-refractivity contribution < 1.29 is 9.90 Å². The summed E-state index contributed by atoms with van der Waals surface area (Å²) in [4.78, 5) is 10.8. The molecule has 0 aliphatic heterocycles. The molecule has 1 atom stereocenters. The van der Waals surface area contributed by atoms with Gasteiger partial charge < -0.3 is 5.11 Å². The highest BCUT2D eigenvalue weighted by molar-refractivity contribution is 5.70. The summed E-state index contributed by atoms with van der Waals surface area (Å²) in [5.41, 5.74) is 0.474. The number of hydrogen-bond acceptors (Lipinski definition) is 1. The predicted octanol–water partition coefficient (Wildman–Crippen LogP) is 2.43. The average molecular weight is 168 g/mol. The van der Waals surface area contributed by atoms with Gasteiger partial charge in [-0.15, -0.1) is 0 Å². The number of rotatable bonds is 1. The second-order valence-electron chi connectivity index (χ2n) is 4.49. The van der Waals surface area contributed by atoms with Gasteiger partial charge in [-0.05, 0) is 37.5 Å². The van der Waals surface area contributed by atoms with E-state index in [4.69, 9.17) is 5.11 Å². The third kappa shape index (κ3) is 1.23. The molecule has 0 bridgehead atoms. The van der Waals surface area contributed by atoms with Gasteiger partial charge in [0.05, 0.1) is 5.92 Å². The van der Waals surface area contributed by atoms with Crippen LogP contribution in [0, 0.1) is 11.3 Å². The second kappa shape index (κ2) is 2.75. The highest BCUT2D eigenvalue weighted by Gasteiger charge is 2.42. The third-order valence-corrected chi connectivity index (χ3v) is 3.70. The highest BCUT2D eigenvalue weighted by atomic mass is 16.4. The number of hydrogen-bond donors (Lipinski definition) is 1. The van der Waals surface area contributed by atoms with Crippen LogP contribution < -0.4 is 0 Å². The Balaban J connectivity index is 1.98. The zero-order valence-corrected chi connectivity index (χ0v) is 7.38. The molecular formula is C10H16O2. The maximum absolute atomic E-state index is 10.8. The van der Waals surface area contributed by atoms with Crippen LogP contribution >= 0.6 is 0 Å². The molecule has 2 nitrogen and oxygen atoms in total.